The molecule has 10 atom stereocenters. The maximum Gasteiger partial charge on any atom is 0.312 e. The van der Waals surface area contributed by atoms with Gasteiger partial charge in [0.05, 0.1) is 16.6 Å². The van der Waals surface area contributed by atoms with Crippen molar-refractivity contribution in [2.75, 3.05) is 13.2 Å². The molecule has 5 fully saturated rings. The molecule has 0 radical (unpaired) electrons. The van der Waals surface area contributed by atoms with Gasteiger partial charge in [-0.25, -0.2) is 4.39 Å². The molecule has 0 heterocycles. The average Bonchev–Trinajstić information content (AvgIpc) is 3.49. The van der Waals surface area contributed by atoms with E-state index >= 15 is 0 Å². The maximum absolute atomic E-state index is 14.0. The number of alkyl halides is 1. The van der Waals surface area contributed by atoms with E-state index in [1.807, 2.05) is 6.92 Å². The van der Waals surface area contributed by atoms with Crippen molar-refractivity contribution in [3.05, 3.63) is 47.6 Å². The lowest BCUT2D eigenvalue weighted by Crippen LogP contribution is -2.68. The molecule has 7 aliphatic rings. The lowest BCUT2D eigenvalue weighted by atomic mass is 9.33. The quantitative estimate of drug-likeness (QED) is 0.187. The molecule has 4 N–H and O–H groups in total. The maximum atomic E-state index is 14.0. The van der Waals surface area contributed by atoms with Gasteiger partial charge in [-0.2, -0.15) is 0 Å². The van der Waals surface area contributed by atoms with E-state index < -0.39 is 29.3 Å². The Morgan fingerprint density at radius 3 is 2.13 bits per heavy atom. The summed E-state index contributed by atoms with van der Waals surface area (Å²) in [6, 6.07) is 0. The van der Waals surface area contributed by atoms with Crippen LogP contribution in [0.1, 0.15) is 151 Å². The second-order valence-electron chi connectivity index (χ2n) is 21.5. The zero-order valence-corrected chi connectivity index (χ0v) is 34.3. The zero-order chi connectivity index (χ0) is 38.6. The van der Waals surface area contributed by atoms with Crippen molar-refractivity contribution in [1.82, 2.24) is 5.32 Å². The highest BCUT2D eigenvalue weighted by molar-refractivity contribution is 5.75. The Kier molecular flexibility index (Phi) is 9.59. The van der Waals surface area contributed by atoms with E-state index in [9.17, 15) is 24.5 Å². The second-order valence-corrected chi connectivity index (χ2v) is 21.5. The van der Waals surface area contributed by atoms with Crippen LogP contribution in [0.3, 0.4) is 0 Å². The molecule has 1 unspecified atom stereocenters. The lowest BCUT2D eigenvalue weighted by Gasteiger charge is -2.72. The second kappa shape index (κ2) is 12.9. The molecule has 0 aromatic rings. The first-order valence-corrected chi connectivity index (χ1v) is 21.4. The number of hydrogen-bond donors (Lipinski definition) is 4. The SMILES string of the molecule is C=C(C)[C@@H]1CCC2(NCC(=C)C3(O)CCC(C)(O)CC3)CC[C@]3(C)[C@H](CC[C@@H]4[C@@]5(C)CC=C(C6=CC[C@](CF)(C(=O)O)CC6)C(C)(C)[C@@H]5CC[C@]43C)[C@@H]12. The number of hydrogen-bond acceptors (Lipinski definition) is 4. The predicted molar refractivity (Wildman–Crippen MR) is 212 cm³/mol. The van der Waals surface area contributed by atoms with Gasteiger partial charge in [0.25, 0.3) is 0 Å². The molecule has 0 aromatic carbocycles. The third-order valence-corrected chi connectivity index (χ3v) is 18.8. The first-order valence-electron chi connectivity index (χ1n) is 21.4. The van der Waals surface area contributed by atoms with Crippen LogP contribution < -0.4 is 5.32 Å². The fourth-order valence-electron chi connectivity index (χ4n) is 15.1. The Morgan fingerprint density at radius 1 is 0.830 bits per heavy atom. The number of aliphatic hydroxyl groups is 2. The van der Waals surface area contributed by atoms with Crippen LogP contribution in [0, 0.1) is 56.7 Å². The summed E-state index contributed by atoms with van der Waals surface area (Å²) in [5.74, 6) is 1.79. The van der Waals surface area contributed by atoms with Gasteiger partial charge in [0, 0.05) is 12.1 Å². The third kappa shape index (κ3) is 5.78. The van der Waals surface area contributed by atoms with Crippen LogP contribution >= 0.6 is 0 Å². The van der Waals surface area contributed by atoms with Gasteiger partial charge >= 0.3 is 5.97 Å². The summed E-state index contributed by atoms with van der Waals surface area (Å²) >= 11 is 0. The standard InChI is InChI=1S/C47H72FNO4/c1-30(2)33-14-21-46(49-28-31(3)47(53)26-22-41(6,52)23-27-47)25-24-43(8)35(38(33)46)10-11-37-42(7)17-15-34(40(4,5)36(42)16-18-44(37,43)9)32-12-19-45(29-48,20-13-32)39(50)51/h12,15,33,35-38,49,52-53H,1,3,10-11,13-14,16-29H2,2,4-9H3,(H,50,51)/t33-,35+,36-,37+,38+,41?,42-,43+,44+,45-,46?,47?/m0/s1. The number of allylic oxidation sites excluding steroid dienone is 5. The van der Waals surface area contributed by atoms with Crippen LogP contribution in [0.2, 0.25) is 0 Å². The Bertz CT molecular complexity index is 1580. The number of aliphatic carboxylic acids is 1. The fourth-order valence-corrected chi connectivity index (χ4v) is 15.1. The van der Waals surface area contributed by atoms with Gasteiger partial charge in [0.15, 0.2) is 0 Å². The van der Waals surface area contributed by atoms with Crippen molar-refractivity contribution < 1.29 is 24.5 Å². The molecule has 0 aliphatic heterocycles. The van der Waals surface area contributed by atoms with E-state index in [4.69, 9.17) is 0 Å². The van der Waals surface area contributed by atoms with Crippen LogP contribution in [0.5, 0.6) is 0 Å². The Labute approximate surface area is 320 Å². The molecule has 0 saturated heterocycles. The summed E-state index contributed by atoms with van der Waals surface area (Å²) in [6.45, 7) is 25.9. The van der Waals surface area contributed by atoms with Crippen molar-refractivity contribution in [2.24, 2.45) is 56.7 Å². The number of rotatable bonds is 8. The van der Waals surface area contributed by atoms with E-state index in [0.717, 1.165) is 24.8 Å². The highest BCUT2D eigenvalue weighted by Crippen LogP contribution is 2.76. The van der Waals surface area contributed by atoms with Crippen LogP contribution in [0.15, 0.2) is 47.6 Å². The van der Waals surface area contributed by atoms with Gasteiger partial charge in [0.1, 0.15) is 6.67 Å². The molecule has 53 heavy (non-hydrogen) atoms. The Hall–Kier alpha value is -1.76. The van der Waals surface area contributed by atoms with Crippen molar-refractivity contribution >= 4 is 5.97 Å². The monoisotopic (exact) mass is 734 g/mol. The first-order chi connectivity index (χ1) is 24.6. The first kappa shape index (κ1) is 39.5. The molecule has 5 saturated carbocycles. The van der Waals surface area contributed by atoms with Crippen molar-refractivity contribution in [3.8, 4) is 0 Å². The van der Waals surface area contributed by atoms with Crippen LogP contribution in [0.4, 0.5) is 4.39 Å². The summed E-state index contributed by atoms with van der Waals surface area (Å²) in [5.41, 5.74) is 2.62. The van der Waals surface area contributed by atoms with Crippen molar-refractivity contribution in [3.63, 3.8) is 0 Å². The van der Waals surface area contributed by atoms with Crippen LogP contribution in [-0.4, -0.2) is 51.2 Å². The normalized spacial score (nSPS) is 49.0. The minimum absolute atomic E-state index is 0.0239. The van der Waals surface area contributed by atoms with Gasteiger partial charge < -0.3 is 20.6 Å². The van der Waals surface area contributed by atoms with Gasteiger partial charge in [0.2, 0.25) is 0 Å². The molecule has 0 amide bonds. The molecule has 0 spiro atoms. The van der Waals surface area contributed by atoms with Gasteiger partial charge in [-0.1, -0.05) is 65.5 Å². The summed E-state index contributed by atoms with van der Waals surface area (Å²) in [7, 11) is 0. The smallest absolute Gasteiger partial charge is 0.312 e. The minimum Gasteiger partial charge on any atom is -0.481 e. The molecule has 5 nitrogen and oxygen atoms in total. The summed E-state index contributed by atoms with van der Waals surface area (Å²) < 4.78 is 14.0. The number of fused-ring (bicyclic) bond motifs is 7. The van der Waals surface area contributed by atoms with Crippen molar-refractivity contribution in [1.29, 1.82) is 0 Å². The lowest BCUT2D eigenvalue weighted by molar-refractivity contribution is -0.221. The van der Waals surface area contributed by atoms with Gasteiger partial charge in [-0.15, -0.1) is 0 Å². The third-order valence-electron chi connectivity index (χ3n) is 18.8. The topological polar surface area (TPSA) is 89.8 Å². The molecule has 7 rings (SSSR count). The molecular formula is C47H72FNO4. The number of carboxylic acids is 1. The number of carbonyl (C=O) groups is 1. The molecule has 296 valence electrons. The number of carboxylic acid groups (broad SMARTS) is 1. The molecule has 7 aliphatic carbocycles. The van der Waals surface area contributed by atoms with E-state index in [1.165, 1.54) is 55.2 Å². The highest BCUT2D eigenvalue weighted by Gasteiger charge is 2.70. The Morgan fingerprint density at radius 2 is 1.53 bits per heavy atom. The van der Waals surface area contributed by atoms with Crippen LogP contribution in [0.25, 0.3) is 0 Å². The van der Waals surface area contributed by atoms with Crippen molar-refractivity contribution in [2.45, 2.75) is 168 Å². The van der Waals surface area contributed by atoms with E-state index in [0.29, 0.717) is 74.7 Å². The predicted octanol–water partition coefficient (Wildman–Crippen LogP) is 10.3. The zero-order valence-electron chi connectivity index (χ0n) is 34.3. The molecule has 6 heteroatoms. The number of nitrogens with one attached hydrogen (secondary N) is 1. The summed E-state index contributed by atoms with van der Waals surface area (Å²) in [6.07, 6.45) is 19.0. The van der Waals surface area contributed by atoms with E-state index in [2.05, 4.69) is 72.2 Å². The van der Waals surface area contributed by atoms with Crippen LogP contribution in [-0.2, 0) is 4.79 Å². The average molecular weight is 734 g/mol. The van der Waals surface area contributed by atoms with E-state index in [-0.39, 0.29) is 33.6 Å². The largest absolute Gasteiger partial charge is 0.481 e. The molecule has 0 aromatic heterocycles. The summed E-state index contributed by atoms with van der Waals surface area (Å²) in [4.78, 5) is 12.0. The van der Waals surface area contributed by atoms with Gasteiger partial charge in [-0.05, 0) is 185 Å². The number of halogens is 1. The molecule has 0 bridgehead atoms. The van der Waals surface area contributed by atoms with Gasteiger partial charge in [-0.3, -0.25) is 4.79 Å². The molecular weight excluding hydrogens is 662 g/mol. The summed E-state index contributed by atoms with van der Waals surface area (Å²) in [5, 5.41) is 36.2. The highest BCUT2D eigenvalue weighted by atomic mass is 19.1. The Balaban J connectivity index is 1.14. The van der Waals surface area contributed by atoms with E-state index in [1.54, 1.807) is 0 Å². The minimum atomic E-state index is -1.26. The fraction of sp³-hybridized carbons (Fsp3) is 0.809.